The van der Waals surface area contributed by atoms with Crippen LogP contribution in [0.1, 0.15) is 19.4 Å². The van der Waals surface area contributed by atoms with Crippen LogP contribution in [0.2, 0.25) is 0 Å². The summed E-state index contributed by atoms with van der Waals surface area (Å²) in [5, 5.41) is 19.5. The van der Waals surface area contributed by atoms with Crippen molar-refractivity contribution < 1.29 is 4.79 Å². The number of nitrogens with zero attached hydrogens (tertiary/aromatic N) is 3. The van der Waals surface area contributed by atoms with Crippen LogP contribution >= 0.6 is 34.9 Å². The molecule has 2 aromatic rings. The van der Waals surface area contributed by atoms with E-state index >= 15 is 0 Å². The first-order chi connectivity index (χ1) is 10.6. The predicted octanol–water partition coefficient (Wildman–Crippen LogP) is 3.64. The highest BCUT2D eigenvalue weighted by Crippen LogP contribution is 2.31. The van der Waals surface area contributed by atoms with E-state index < -0.39 is 0 Å². The smallest absolute Gasteiger partial charge is 0.237 e. The third-order valence-corrected chi connectivity index (χ3v) is 5.68. The molecule has 0 aliphatic heterocycles. The number of rotatable bonds is 6. The molecule has 1 N–H and O–H groups in total. The predicted molar refractivity (Wildman–Crippen MR) is 91.4 cm³/mol. The normalized spacial score (nSPS) is 11.7. The van der Waals surface area contributed by atoms with E-state index in [-0.39, 0.29) is 11.2 Å². The van der Waals surface area contributed by atoms with Gasteiger partial charge in [0, 0.05) is 5.69 Å². The third kappa shape index (κ3) is 4.73. The maximum atomic E-state index is 12.2. The van der Waals surface area contributed by atoms with Gasteiger partial charge in [-0.1, -0.05) is 47.9 Å². The summed E-state index contributed by atoms with van der Waals surface area (Å²) in [7, 11) is 0. The molecular weight excluding hydrogens is 336 g/mol. The van der Waals surface area contributed by atoms with Crippen LogP contribution in [0.25, 0.3) is 0 Å². The molecule has 0 aliphatic carbocycles. The average molecular weight is 350 g/mol. The van der Waals surface area contributed by atoms with E-state index in [4.69, 9.17) is 5.26 Å². The zero-order valence-electron chi connectivity index (χ0n) is 12.1. The topological polar surface area (TPSA) is 78.7 Å². The Balaban J connectivity index is 1.95. The third-order valence-electron chi connectivity index (χ3n) is 2.56. The van der Waals surface area contributed by atoms with Crippen molar-refractivity contribution in [2.45, 2.75) is 27.8 Å². The van der Waals surface area contributed by atoms with Gasteiger partial charge >= 0.3 is 0 Å². The number of nitriles is 1. The summed E-state index contributed by atoms with van der Waals surface area (Å²) in [6, 6.07) is 8.90. The summed E-state index contributed by atoms with van der Waals surface area (Å²) in [5.41, 5.74) is 1.14. The maximum absolute atomic E-state index is 12.2. The number of aromatic nitrogens is 2. The number of hydrogen-bond acceptors (Lipinski definition) is 7. The Morgan fingerprint density at radius 1 is 1.45 bits per heavy atom. The molecule has 8 heteroatoms. The molecule has 0 saturated heterocycles. The average Bonchev–Trinajstić information content (AvgIpc) is 2.95. The van der Waals surface area contributed by atoms with E-state index in [0.29, 0.717) is 11.3 Å². The molecular formula is C14H14N4OS3. The molecule has 5 nitrogen and oxygen atoms in total. The quantitative estimate of drug-likeness (QED) is 0.801. The van der Waals surface area contributed by atoms with Gasteiger partial charge in [0.05, 0.1) is 16.9 Å². The largest absolute Gasteiger partial charge is 0.325 e. The van der Waals surface area contributed by atoms with Crippen LogP contribution in [-0.4, -0.2) is 27.1 Å². The molecule has 2 rings (SSSR count). The molecule has 1 aromatic carbocycles. The molecule has 1 atom stereocenters. The lowest BCUT2D eigenvalue weighted by Gasteiger charge is -2.10. The van der Waals surface area contributed by atoms with Gasteiger partial charge in [0.25, 0.3) is 0 Å². The first-order valence-corrected chi connectivity index (χ1v) is 9.24. The van der Waals surface area contributed by atoms with Crippen LogP contribution in [0.4, 0.5) is 5.69 Å². The van der Waals surface area contributed by atoms with Gasteiger partial charge in [-0.05, 0) is 30.9 Å². The zero-order valence-corrected chi connectivity index (χ0v) is 14.5. The molecule has 0 aliphatic rings. The minimum absolute atomic E-state index is 0.125. The number of nitrogens with one attached hydrogen (secondary N) is 1. The summed E-state index contributed by atoms with van der Waals surface area (Å²) >= 11 is 4.52. The Kier molecular flexibility index (Phi) is 6.24. The SMILES string of the molecule is CCSc1nnc(S[C@@H](C)C(=O)Nc2cccc(C#N)c2)s1. The van der Waals surface area contributed by atoms with Gasteiger partial charge in [-0.3, -0.25) is 4.79 Å². The lowest BCUT2D eigenvalue weighted by molar-refractivity contribution is -0.115. The fourth-order valence-corrected chi connectivity index (χ4v) is 4.60. The van der Waals surface area contributed by atoms with E-state index in [1.807, 2.05) is 13.0 Å². The van der Waals surface area contributed by atoms with Crippen LogP contribution < -0.4 is 5.32 Å². The number of carbonyl (C=O) groups is 1. The Hall–Kier alpha value is -1.56. The van der Waals surface area contributed by atoms with Gasteiger partial charge in [0.1, 0.15) is 0 Å². The Bertz CT molecular complexity index is 695. The lowest BCUT2D eigenvalue weighted by Crippen LogP contribution is -2.22. The van der Waals surface area contributed by atoms with Crippen LogP contribution in [0.5, 0.6) is 0 Å². The van der Waals surface area contributed by atoms with Crippen molar-refractivity contribution in [2.75, 3.05) is 11.1 Å². The molecule has 114 valence electrons. The van der Waals surface area contributed by atoms with Gasteiger partial charge in [0.15, 0.2) is 8.68 Å². The maximum Gasteiger partial charge on any atom is 0.237 e. The highest BCUT2D eigenvalue weighted by Gasteiger charge is 2.17. The van der Waals surface area contributed by atoms with Gasteiger partial charge in [-0.25, -0.2) is 0 Å². The van der Waals surface area contributed by atoms with Crippen LogP contribution in [0.15, 0.2) is 32.9 Å². The molecule has 0 spiro atoms. The minimum atomic E-state index is -0.293. The molecule has 0 fully saturated rings. The van der Waals surface area contributed by atoms with Crippen molar-refractivity contribution in [1.82, 2.24) is 10.2 Å². The summed E-state index contributed by atoms with van der Waals surface area (Å²) < 4.78 is 1.70. The molecule has 0 radical (unpaired) electrons. The standard InChI is InChI=1S/C14H14N4OS3/c1-3-20-13-17-18-14(22-13)21-9(2)12(19)16-11-6-4-5-10(7-11)8-15/h4-7,9H,3H2,1-2H3,(H,16,19)/t9-/m0/s1. The summed E-state index contributed by atoms with van der Waals surface area (Å²) in [6.45, 7) is 3.88. The highest BCUT2D eigenvalue weighted by molar-refractivity contribution is 8.03. The monoisotopic (exact) mass is 350 g/mol. The van der Waals surface area contributed by atoms with Crippen molar-refractivity contribution in [1.29, 1.82) is 5.26 Å². The highest BCUT2D eigenvalue weighted by atomic mass is 32.2. The van der Waals surface area contributed by atoms with Gasteiger partial charge in [0.2, 0.25) is 5.91 Å². The second kappa shape index (κ2) is 8.17. The number of anilines is 1. The molecule has 1 heterocycles. The fraction of sp³-hybridized carbons (Fsp3) is 0.286. The van der Waals surface area contributed by atoms with Crippen LogP contribution in [0.3, 0.4) is 0 Å². The summed E-state index contributed by atoms with van der Waals surface area (Å²) in [4.78, 5) is 12.2. The van der Waals surface area contributed by atoms with Gasteiger partial charge < -0.3 is 5.32 Å². The second-order valence-electron chi connectivity index (χ2n) is 4.21. The van der Waals surface area contributed by atoms with Crippen molar-refractivity contribution in [3.8, 4) is 6.07 Å². The molecule has 22 heavy (non-hydrogen) atoms. The molecule has 0 unspecified atom stereocenters. The van der Waals surface area contributed by atoms with Gasteiger partial charge in [-0.2, -0.15) is 5.26 Å². The molecule has 0 bridgehead atoms. The number of carbonyl (C=O) groups excluding carboxylic acids is 1. The summed E-state index contributed by atoms with van der Waals surface area (Å²) in [6.07, 6.45) is 0. The number of amides is 1. The Labute approximate surface area is 141 Å². The van der Waals surface area contributed by atoms with Crippen molar-refractivity contribution >= 4 is 46.5 Å². The zero-order chi connectivity index (χ0) is 15.9. The number of thioether (sulfide) groups is 2. The molecule has 0 saturated carbocycles. The minimum Gasteiger partial charge on any atom is -0.325 e. The lowest BCUT2D eigenvalue weighted by atomic mass is 10.2. The number of hydrogen-bond donors (Lipinski definition) is 1. The number of benzene rings is 1. The van der Waals surface area contributed by atoms with Crippen LogP contribution in [0, 0.1) is 11.3 Å². The van der Waals surface area contributed by atoms with Crippen molar-refractivity contribution in [3.05, 3.63) is 29.8 Å². The second-order valence-corrected chi connectivity index (χ2v) is 8.29. The molecule has 1 aromatic heterocycles. The fourth-order valence-electron chi connectivity index (χ4n) is 1.54. The summed E-state index contributed by atoms with van der Waals surface area (Å²) in [5.74, 6) is 0.824. The van der Waals surface area contributed by atoms with Crippen LogP contribution in [-0.2, 0) is 4.79 Å². The first-order valence-electron chi connectivity index (χ1n) is 6.56. The van der Waals surface area contributed by atoms with E-state index in [1.165, 1.54) is 23.1 Å². The van der Waals surface area contributed by atoms with Crippen molar-refractivity contribution in [2.24, 2.45) is 0 Å². The van der Waals surface area contributed by atoms with Gasteiger partial charge in [-0.15, -0.1) is 10.2 Å². The van der Waals surface area contributed by atoms with E-state index in [0.717, 1.165) is 14.4 Å². The molecule has 1 amide bonds. The Morgan fingerprint density at radius 2 is 2.23 bits per heavy atom. The van der Waals surface area contributed by atoms with E-state index in [2.05, 4.69) is 22.4 Å². The Morgan fingerprint density at radius 3 is 2.95 bits per heavy atom. The van der Waals surface area contributed by atoms with E-state index in [9.17, 15) is 4.79 Å². The first kappa shape index (κ1) is 16.8. The van der Waals surface area contributed by atoms with E-state index in [1.54, 1.807) is 36.0 Å². The van der Waals surface area contributed by atoms with Crippen molar-refractivity contribution in [3.63, 3.8) is 0 Å².